The van der Waals surface area contributed by atoms with Crippen LogP contribution in [0.5, 0.6) is 5.75 Å². The Morgan fingerprint density at radius 1 is 1.39 bits per heavy atom. The van der Waals surface area contributed by atoms with Gasteiger partial charge in [0.15, 0.2) is 6.61 Å². The van der Waals surface area contributed by atoms with Gasteiger partial charge in [0, 0.05) is 16.1 Å². The molecule has 0 radical (unpaired) electrons. The number of carbonyl (C=O) groups excluding carboxylic acids is 1. The lowest BCUT2D eigenvalue weighted by Gasteiger charge is -2.13. The number of hydrogen-bond donors (Lipinski definition) is 1. The quantitative estimate of drug-likeness (QED) is 0.903. The molecular formula is C13H15Cl2NO2. The summed E-state index contributed by atoms with van der Waals surface area (Å²) in [6.45, 7) is 2.00. The first kappa shape index (κ1) is 13.5. The number of halogens is 2. The first-order chi connectivity index (χ1) is 8.54. The summed E-state index contributed by atoms with van der Waals surface area (Å²) in [6, 6.07) is 5.10. The van der Waals surface area contributed by atoms with Gasteiger partial charge in [-0.05, 0) is 43.9 Å². The van der Waals surface area contributed by atoms with E-state index in [-0.39, 0.29) is 18.6 Å². The van der Waals surface area contributed by atoms with Gasteiger partial charge >= 0.3 is 0 Å². The lowest BCUT2D eigenvalue weighted by Crippen LogP contribution is -2.37. The Labute approximate surface area is 116 Å². The fraction of sp³-hybridized carbons (Fsp3) is 0.462. The van der Waals surface area contributed by atoms with Crippen molar-refractivity contribution in [1.29, 1.82) is 0 Å². The molecule has 0 unspecified atom stereocenters. The predicted octanol–water partition coefficient (Wildman–Crippen LogP) is 3.29. The molecule has 5 heteroatoms. The molecule has 1 aliphatic rings. The highest BCUT2D eigenvalue weighted by molar-refractivity contribution is 6.34. The van der Waals surface area contributed by atoms with E-state index in [0.717, 1.165) is 0 Å². The molecule has 18 heavy (non-hydrogen) atoms. The Hall–Kier alpha value is -0.930. The third kappa shape index (κ3) is 4.07. The van der Waals surface area contributed by atoms with Gasteiger partial charge in [-0.1, -0.05) is 23.2 Å². The van der Waals surface area contributed by atoms with E-state index in [1.165, 1.54) is 12.8 Å². The minimum Gasteiger partial charge on any atom is -0.484 e. The summed E-state index contributed by atoms with van der Waals surface area (Å²) in [5.74, 6) is 1.02. The first-order valence-electron chi connectivity index (χ1n) is 5.93. The van der Waals surface area contributed by atoms with Gasteiger partial charge in [-0.15, -0.1) is 0 Å². The van der Waals surface area contributed by atoms with Crippen LogP contribution < -0.4 is 10.1 Å². The minimum atomic E-state index is -0.120. The van der Waals surface area contributed by atoms with Crippen molar-refractivity contribution < 1.29 is 9.53 Å². The van der Waals surface area contributed by atoms with Crippen LogP contribution in [-0.2, 0) is 4.79 Å². The van der Waals surface area contributed by atoms with Gasteiger partial charge in [-0.3, -0.25) is 4.79 Å². The van der Waals surface area contributed by atoms with Crippen molar-refractivity contribution in [2.24, 2.45) is 5.92 Å². The summed E-state index contributed by atoms with van der Waals surface area (Å²) in [6.07, 6.45) is 2.40. The maximum Gasteiger partial charge on any atom is 0.258 e. The summed E-state index contributed by atoms with van der Waals surface area (Å²) < 4.78 is 5.35. The molecule has 1 aromatic rings. The lowest BCUT2D eigenvalue weighted by atomic mass is 10.2. The van der Waals surface area contributed by atoms with Crippen molar-refractivity contribution in [3.63, 3.8) is 0 Å². The van der Waals surface area contributed by atoms with E-state index in [1.807, 2.05) is 6.92 Å². The molecule has 0 spiro atoms. The monoisotopic (exact) mass is 287 g/mol. The molecule has 1 atom stereocenters. The van der Waals surface area contributed by atoms with Crippen LogP contribution >= 0.6 is 23.2 Å². The van der Waals surface area contributed by atoms with Gasteiger partial charge in [0.25, 0.3) is 5.91 Å². The maximum atomic E-state index is 11.6. The molecule has 0 heterocycles. The van der Waals surface area contributed by atoms with Crippen molar-refractivity contribution in [3.05, 3.63) is 28.2 Å². The van der Waals surface area contributed by atoms with Crippen molar-refractivity contribution in [2.75, 3.05) is 6.61 Å². The summed E-state index contributed by atoms with van der Waals surface area (Å²) in [4.78, 5) is 11.6. The Morgan fingerprint density at radius 2 is 2.00 bits per heavy atom. The largest absolute Gasteiger partial charge is 0.484 e. The number of amides is 1. The maximum absolute atomic E-state index is 11.6. The Kier molecular flexibility index (Phi) is 4.36. The van der Waals surface area contributed by atoms with E-state index >= 15 is 0 Å². The second kappa shape index (κ2) is 5.81. The number of nitrogens with one attached hydrogen (secondary N) is 1. The third-order valence-electron chi connectivity index (χ3n) is 2.92. The van der Waals surface area contributed by atoms with Crippen LogP contribution in [0.2, 0.25) is 10.0 Å². The molecule has 1 amide bonds. The number of benzene rings is 1. The molecule has 98 valence electrons. The first-order valence-corrected chi connectivity index (χ1v) is 6.68. The van der Waals surface area contributed by atoms with Gasteiger partial charge < -0.3 is 10.1 Å². The van der Waals surface area contributed by atoms with Gasteiger partial charge in [0.2, 0.25) is 0 Å². The smallest absolute Gasteiger partial charge is 0.258 e. The number of ether oxygens (including phenoxy) is 1. The van der Waals surface area contributed by atoms with Crippen LogP contribution in [0.1, 0.15) is 19.8 Å². The Bertz CT molecular complexity index is 426. The zero-order valence-corrected chi connectivity index (χ0v) is 11.6. The SMILES string of the molecule is C[C@@H](NC(=O)COc1cc(Cl)cc(Cl)c1)C1CC1. The summed E-state index contributed by atoms with van der Waals surface area (Å²) in [5, 5.41) is 3.89. The summed E-state index contributed by atoms with van der Waals surface area (Å²) >= 11 is 11.7. The average molecular weight is 288 g/mol. The molecule has 1 N–H and O–H groups in total. The topological polar surface area (TPSA) is 38.3 Å². The Balaban J connectivity index is 1.81. The highest BCUT2D eigenvalue weighted by Crippen LogP contribution is 2.32. The molecule has 0 aromatic heterocycles. The van der Waals surface area contributed by atoms with Crippen LogP contribution in [0.3, 0.4) is 0 Å². The number of hydrogen-bond acceptors (Lipinski definition) is 2. The highest BCUT2D eigenvalue weighted by Gasteiger charge is 2.28. The van der Waals surface area contributed by atoms with Crippen molar-refractivity contribution in [1.82, 2.24) is 5.32 Å². The zero-order valence-electron chi connectivity index (χ0n) is 10.1. The van der Waals surface area contributed by atoms with Gasteiger partial charge in [-0.2, -0.15) is 0 Å². The molecule has 1 aromatic carbocycles. The van der Waals surface area contributed by atoms with Crippen LogP contribution in [0.25, 0.3) is 0 Å². The van der Waals surface area contributed by atoms with E-state index in [2.05, 4.69) is 5.32 Å². The molecule has 1 aliphatic carbocycles. The summed E-state index contributed by atoms with van der Waals surface area (Å²) in [7, 11) is 0. The van der Waals surface area contributed by atoms with Crippen LogP contribution in [-0.4, -0.2) is 18.6 Å². The lowest BCUT2D eigenvalue weighted by molar-refractivity contribution is -0.123. The fourth-order valence-corrected chi connectivity index (χ4v) is 2.28. The number of carbonyl (C=O) groups is 1. The molecule has 3 nitrogen and oxygen atoms in total. The van der Waals surface area contributed by atoms with Crippen LogP contribution in [0, 0.1) is 5.92 Å². The fourth-order valence-electron chi connectivity index (χ4n) is 1.77. The van der Waals surface area contributed by atoms with E-state index in [1.54, 1.807) is 18.2 Å². The molecule has 2 rings (SSSR count). The van der Waals surface area contributed by atoms with E-state index < -0.39 is 0 Å². The highest BCUT2D eigenvalue weighted by atomic mass is 35.5. The normalized spacial score (nSPS) is 16.2. The second-order valence-corrected chi connectivity index (χ2v) is 5.46. The van der Waals surface area contributed by atoms with Crippen LogP contribution in [0.15, 0.2) is 18.2 Å². The zero-order chi connectivity index (χ0) is 13.1. The standard InChI is InChI=1S/C13H15Cl2NO2/c1-8(9-2-3-9)16-13(17)7-18-12-5-10(14)4-11(15)6-12/h4-6,8-9H,2-3,7H2,1H3,(H,16,17)/t8-/m1/s1. The van der Waals surface area contributed by atoms with Crippen molar-refractivity contribution in [3.8, 4) is 5.75 Å². The summed E-state index contributed by atoms with van der Waals surface area (Å²) in [5.41, 5.74) is 0. The van der Waals surface area contributed by atoms with Gasteiger partial charge in [-0.25, -0.2) is 0 Å². The van der Waals surface area contributed by atoms with Crippen molar-refractivity contribution in [2.45, 2.75) is 25.8 Å². The molecular weight excluding hydrogens is 273 g/mol. The third-order valence-corrected chi connectivity index (χ3v) is 3.36. The van der Waals surface area contributed by atoms with Crippen LogP contribution in [0.4, 0.5) is 0 Å². The molecule has 1 saturated carbocycles. The second-order valence-electron chi connectivity index (χ2n) is 4.59. The number of rotatable bonds is 5. The molecule has 0 saturated heterocycles. The van der Waals surface area contributed by atoms with Crippen molar-refractivity contribution >= 4 is 29.1 Å². The minimum absolute atomic E-state index is 0.0201. The van der Waals surface area contributed by atoms with Gasteiger partial charge in [0.05, 0.1) is 0 Å². The molecule has 1 fully saturated rings. The van der Waals surface area contributed by atoms with Gasteiger partial charge in [0.1, 0.15) is 5.75 Å². The molecule has 0 aliphatic heterocycles. The van der Waals surface area contributed by atoms with E-state index in [0.29, 0.717) is 21.7 Å². The molecule has 0 bridgehead atoms. The Morgan fingerprint density at radius 3 is 2.56 bits per heavy atom. The predicted molar refractivity (Wildman–Crippen MR) is 72.3 cm³/mol. The van der Waals surface area contributed by atoms with E-state index in [9.17, 15) is 4.79 Å². The van der Waals surface area contributed by atoms with E-state index in [4.69, 9.17) is 27.9 Å². The average Bonchev–Trinajstić information content (AvgIpc) is 3.08.